The smallest absolute Gasteiger partial charge is 0.502 e. The second-order valence-corrected chi connectivity index (χ2v) is 9.74. The SMILES string of the molecule is C[C@@H](N[S@@+]([O-])C(C)(C)C)c1cccc(S(=O)(=O)C(F)(F)F)c1F. The van der Waals surface area contributed by atoms with Gasteiger partial charge in [0.1, 0.15) is 15.5 Å². The first-order valence-corrected chi connectivity index (χ1v) is 9.10. The van der Waals surface area contributed by atoms with Crippen molar-refractivity contribution in [2.24, 2.45) is 0 Å². The van der Waals surface area contributed by atoms with E-state index in [9.17, 15) is 30.5 Å². The third kappa shape index (κ3) is 4.37. The molecular formula is C13H17F4NO3S2. The van der Waals surface area contributed by atoms with Gasteiger partial charge in [0, 0.05) is 16.9 Å². The highest BCUT2D eigenvalue weighted by atomic mass is 32.2. The van der Waals surface area contributed by atoms with Gasteiger partial charge in [0.25, 0.3) is 9.84 Å². The van der Waals surface area contributed by atoms with Crippen LogP contribution in [-0.4, -0.2) is 23.2 Å². The summed E-state index contributed by atoms with van der Waals surface area (Å²) >= 11 is -1.61. The van der Waals surface area contributed by atoms with Crippen LogP contribution in [0, 0.1) is 5.82 Å². The Bertz CT molecular complexity index is 669. The number of nitrogens with one attached hydrogen (secondary N) is 1. The summed E-state index contributed by atoms with van der Waals surface area (Å²) in [5, 5.41) is 0. The lowest BCUT2D eigenvalue weighted by Crippen LogP contribution is -2.40. The van der Waals surface area contributed by atoms with Gasteiger partial charge in [0.2, 0.25) is 0 Å². The molecule has 0 fully saturated rings. The Balaban J connectivity index is 3.25. The van der Waals surface area contributed by atoms with E-state index in [1.807, 2.05) is 0 Å². The third-order valence-corrected chi connectivity index (χ3v) is 6.08. The van der Waals surface area contributed by atoms with Crippen LogP contribution in [-0.2, 0) is 21.2 Å². The van der Waals surface area contributed by atoms with Gasteiger partial charge in [-0.05, 0) is 33.8 Å². The first-order chi connectivity index (χ1) is 10.2. The van der Waals surface area contributed by atoms with E-state index in [1.165, 1.54) is 6.92 Å². The average molecular weight is 375 g/mol. The van der Waals surface area contributed by atoms with E-state index in [0.717, 1.165) is 12.1 Å². The van der Waals surface area contributed by atoms with Gasteiger partial charge in [-0.2, -0.15) is 13.2 Å². The highest BCUT2D eigenvalue weighted by Crippen LogP contribution is 2.34. The standard InChI is InChI=1S/C13H17F4NO3S2/c1-8(18-22(19)12(2,3)4)9-6-5-7-10(11(9)14)23(20,21)13(15,16)17/h5-8,18H,1-4H3/t8-,22+/m1/s1. The molecule has 2 atom stereocenters. The lowest BCUT2D eigenvalue weighted by atomic mass is 10.1. The molecule has 0 aliphatic carbocycles. The highest BCUT2D eigenvalue weighted by Gasteiger charge is 2.48. The molecule has 0 unspecified atom stereocenters. The monoisotopic (exact) mass is 375 g/mol. The molecule has 1 aromatic rings. The summed E-state index contributed by atoms with van der Waals surface area (Å²) in [7, 11) is -5.80. The van der Waals surface area contributed by atoms with Crippen LogP contribution >= 0.6 is 0 Å². The van der Waals surface area contributed by atoms with Gasteiger partial charge >= 0.3 is 5.51 Å². The molecule has 0 amide bonds. The summed E-state index contributed by atoms with van der Waals surface area (Å²) in [5.74, 6) is -1.50. The number of hydrogen-bond acceptors (Lipinski definition) is 4. The number of benzene rings is 1. The van der Waals surface area contributed by atoms with Crippen molar-refractivity contribution in [3.8, 4) is 0 Å². The second kappa shape index (κ2) is 6.58. The molecule has 1 N–H and O–H groups in total. The van der Waals surface area contributed by atoms with E-state index >= 15 is 0 Å². The largest absolute Gasteiger partial charge is 0.598 e. The first kappa shape index (κ1) is 20.2. The second-order valence-electron chi connectivity index (χ2n) is 5.83. The Hall–Kier alpha value is -0.840. The van der Waals surface area contributed by atoms with Gasteiger partial charge in [-0.1, -0.05) is 12.1 Å². The Kier molecular flexibility index (Phi) is 5.78. The van der Waals surface area contributed by atoms with E-state index in [2.05, 4.69) is 4.72 Å². The Labute approximate surface area is 135 Å². The van der Waals surface area contributed by atoms with E-state index in [1.54, 1.807) is 20.8 Å². The topological polar surface area (TPSA) is 69.2 Å². The molecule has 0 aliphatic rings. The van der Waals surface area contributed by atoms with Crippen LogP contribution in [0.1, 0.15) is 39.3 Å². The van der Waals surface area contributed by atoms with Crippen molar-refractivity contribution in [2.75, 3.05) is 0 Å². The number of hydrogen-bond donors (Lipinski definition) is 1. The van der Waals surface area contributed by atoms with Gasteiger partial charge in [0.05, 0.1) is 6.04 Å². The molecule has 0 heterocycles. The molecule has 0 saturated heterocycles. The molecule has 132 valence electrons. The summed E-state index contributed by atoms with van der Waals surface area (Å²) in [5.41, 5.74) is -5.91. The quantitative estimate of drug-likeness (QED) is 0.648. The maximum Gasteiger partial charge on any atom is 0.502 e. The van der Waals surface area contributed by atoms with E-state index in [-0.39, 0.29) is 5.56 Å². The van der Waals surface area contributed by atoms with Crippen molar-refractivity contribution >= 4 is 21.2 Å². The van der Waals surface area contributed by atoms with E-state index in [4.69, 9.17) is 0 Å². The molecule has 1 rings (SSSR count). The number of sulfone groups is 1. The van der Waals surface area contributed by atoms with Crippen LogP contribution in [0.4, 0.5) is 17.6 Å². The van der Waals surface area contributed by atoms with Crippen LogP contribution in [0.5, 0.6) is 0 Å². The minimum atomic E-state index is -5.80. The summed E-state index contributed by atoms with van der Waals surface area (Å²) in [4.78, 5) is -1.45. The highest BCUT2D eigenvalue weighted by molar-refractivity contribution is 7.92. The maximum absolute atomic E-state index is 14.3. The average Bonchev–Trinajstić information content (AvgIpc) is 2.35. The molecule has 10 heteroatoms. The van der Waals surface area contributed by atoms with Crippen LogP contribution in [0.25, 0.3) is 0 Å². The van der Waals surface area contributed by atoms with Crippen molar-refractivity contribution in [1.29, 1.82) is 0 Å². The molecule has 0 saturated carbocycles. The molecule has 0 bridgehead atoms. The molecule has 0 aliphatic heterocycles. The predicted molar refractivity (Wildman–Crippen MR) is 79.1 cm³/mol. The fourth-order valence-corrected chi connectivity index (χ4v) is 3.26. The van der Waals surface area contributed by atoms with Gasteiger partial charge in [0.15, 0.2) is 0 Å². The molecule has 0 radical (unpaired) electrons. The van der Waals surface area contributed by atoms with Crippen LogP contribution in [0.2, 0.25) is 0 Å². The minimum absolute atomic E-state index is 0.312. The predicted octanol–water partition coefficient (Wildman–Crippen LogP) is 3.23. The summed E-state index contributed by atoms with van der Waals surface area (Å²) < 4.78 is 88.6. The maximum atomic E-state index is 14.3. The van der Waals surface area contributed by atoms with Crippen molar-refractivity contribution in [3.63, 3.8) is 0 Å². The van der Waals surface area contributed by atoms with E-state index < -0.39 is 48.2 Å². The Morgan fingerprint density at radius 1 is 1.22 bits per heavy atom. The van der Waals surface area contributed by atoms with Gasteiger partial charge in [-0.3, -0.25) is 0 Å². The number of alkyl halides is 3. The summed E-state index contributed by atoms with van der Waals surface area (Å²) in [6.07, 6.45) is 0. The van der Waals surface area contributed by atoms with Crippen molar-refractivity contribution in [2.45, 2.75) is 48.9 Å². The van der Waals surface area contributed by atoms with E-state index in [0.29, 0.717) is 6.07 Å². The molecule has 23 heavy (non-hydrogen) atoms. The number of rotatable bonds is 4. The molecular weight excluding hydrogens is 358 g/mol. The zero-order valence-electron chi connectivity index (χ0n) is 12.9. The lowest BCUT2D eigenvalue weighted by Gasteiger charge is -2.27. The molecule has 0 spiro atoms. The van der Waals surface area contributed by atoms with Crippen LogP contribution in [0.3, 0.4) is 0 Å². The van der Waals surface area contributed by atoms with Crippen molar-refractivity contribution in [1.82, 2.24) is 4.72 Å². The normalized spacial score (nSPS) is 16.2. The van der Waals surface area contributed by atoms with Crippen molar-refractivity contribution in [3.05, 3.63) is 29.6 Å². The van der Waals surface area contributed by atoms with Gasteiger partial charge in [-0.15, -0.1) is 4.72 Å². The number of halogens is 4. The molecule has 1 aromatic carbocycles. The third-order valence-electron chi connectivity index (χ3n) is 2.89. The minimum Gasteiger partial charge on any atom is -0.598 e. The fourth-order valence-electron chi connectivity index (χ4n) is 1.60. The first-order valence-electron chi connectivity index (χ1n) is 6.47. The van der Waals surface area contributed by atoms with Gasteiger partial charge < -0.3 is 4.55 Å². The van der Waals surface area contributed by atoms with Crippen LogP contribution in [0.15, 0.2) is 23.1 Å². The molecule has 4 nitrogen and oxygen atoms in total. The Morgan fingerprint density at radius 2 is 1.74 bits per heavy atom. The lowest BCUT2D eigenvalue weighted by molar-refractivity contribution is -0.0437. The van der Waals surface area contributed by atoms with Crippen molar-refractivity contribution < 1.29 is 30.5 Å². The van der Waals surface area contributed by atoms with Gasteiger partial charge in [-0.25, -0.2) is 12.8 Å². The fraction of sp³-hybridized carbons (Fsp3) is 0.538. The van der Waals surface area contributed by atoms with Crippen LogP contribution < -0.4 is 4.72 Å². The zero-order chi connectivity index (χ0) is 18.2. The molecule has 0 aromatic heterocycles. The Morgan fingerprint density at radius 3 is 2.17 bits per heavy atom. The summed E-state index contributed by atoms with van der Waals surface area (Å²) in [6, 6.07) is 1.76. The zero-order valence-corrected chi connectivity index (χ0v) is 14.5. The summed E-state index contributed by atoms with van der Waals surface area (Å²) in [6.45, 7) is 6.35.